The molecule has 2 amide bonds. The Morgan fingerprint density at radius 3 is 2.74 bits per heavy atom. The van der Waals surface area contributed by atoms with Crippen LogP contribution in [0.15, 0.2) is 36.7 Å². The molecule has 1 aliphatic carbocycles. The summed E-state index contributed by atoms with van der Waals surface area (Å²) in [5, 5.41) is 4.29. The van der Waals surface area contributed by atoms with Gasteiger partial charge in [0.25, 0.3) is 0 Å². The molecule has 180 valence electrons. The molecule has 4 rings (SSSR count). The van der Waals surface area contributed by atoms with Crippen molar-refractivity contribution in [1.29, 1.82) is 0 Å². The van der Waals surface area contributed by atoms with Crippen molar-refractivity contribution in [1.82, 2.24) is 20.6 Å². The van der Waals surface area contributed by atoms with E-state index < -0.39 is 21.0 Å². The van der Waals surface area contributed by atoms with Gasteiger partial charge >= 0.3 is 0 Å². The number of sulfone groups is 1. The van der Waals surface area contributed by atoms with Gasteiger partial charge in [-0.25, -0.2) is 13.4 Å². The largest absolute Gasteiger partial charge is 0.384 e. The average molecular weight is 523 g/mol. The maximum absolute atomic E-state index is 13.1. The molecule has 0 spiro atoms. The molecular formula is C22H23ClN4O5S2. The monoisotopic (exact) mass is 522 g/mol. The Morgan fingerprint density at radius 2 is 2.03 bits per heavy atom. The maximum atomic E-state index is 13.1. The quantitative estimate of drug-likeness (QED) is 0.418. The lowest BCUT2D eigenvalue weighted by Crippen LogP contribution is -2.41. The molecule has 12 heteroatoms. The van der Waals surface area contributed by atoms with Crippen molar-refractivity contribution in [2.45, 2.75) is 24.1 Å². The number of methoxy groups -OCH3 is 1. The SMILES string of the molecule is COCCS(=O)(=O)C(C(=O)NCC(=O)NC1CC1)c1nc2ccc(-c3cncc(Cl)c3)cc2s1. The average Bonchev–Trinajstić information content (AvgIpc) is 3.51. The van der Waals surface area contributed by atoms with Crippen molar-refractivity contribution >= 4 is 54.8 Å². The van der Waals surface area contributed by atoms with E-state index >= 15 is 0 Å². The van der Waals surface area contributed by atoms with Crippen LogP contribution < -0.4 is 10.6 Å². The topological polar surface area (TPSA) is 127 Å². The van der Waals surface area contributed by atoms with Crippen LogP contribution in [0.4, 0.5) is 0 Å². The molecule has 2 aromatic heterocycles. The summed E-state index contributed by atoms with van der Waals surface area (Å²) in [6, 6.07) is 7.35. The Balaban J connectivity index is 1.63. The van der Waals surface area contributed by atoms with Crippen LogP contribution in [0.3, 0.4) is 0 Å². The van der Waals surface area contributed by atoms with E-state index in [0.717, 1.165) is 35.3 Å². The number of amides is 2. The zero-order chi connectivity index (χ0) is 24.3. The number of halogens is 1. The van der Waals surface area contributed by atoms with Gasteiger partial charge in [-0.1, -0.05) is 17.7 Å². The van der Waals surface area contributed by atoms with Crippen LogP contribution in [-0.2, 0) is 24.2 Å². The first-order chi connectivity index (χ1) is 16.3. The molecular weight excluding hydrogens is 500 g/mol. The molecule has 0 radical (unpaired) electrons. The maximum Gasteiger partial charge on any atom is 0.245 e. The standard InChI is InChI=1S/C22H23ClN4O5S2/c1-32-6-7-34(30,31)20(21(29)25-12-19(28)26-16-3-4-16)22-27-17-5-2-13(9-18(17)33-22)14-8-15(23)11-24-10-14/h2,5,8-11,16,20H,3-4,6-7,12H2,1H3,(H,25,29)(H,26,28). The van der Waals surface area contributed by atoms with Crippen molar-refractivity contribution in [2.75, 3.05) is 26.0 Å². The lowest BCUT2D eigenvalue weighted by Gasteiger charge is -2.15. The zero-order valence-corrected chi connectivity index (χ0v) is 20.7. The summed E-state index contributed by atoms with van der Waals surface area (Å²) in [5.41, 5.74) is 2.19. The predicted molar refractivity (Wildman–Crippen MR) is 130 cm³/mol. The number of carbonyl (C=O) groups is 2. The Hall–Kier alpha value is -2.60. The van der Waals surface area contributed by atoms with Gasteiger partial charge in [-0.15, -0.1) is 11.3 Å². The van der Waals surface area contributed by atoms with Gasteiger partial charge < -0.3 is 15.4 Å². The fourth-order valence-corrected chi connectivity index (χ4v) is 6.47. The van der Waals surface area contributed by atoms with Gasteiger partial charge in [0.15, 0.2) is 15.1 Å². The van der Waals surface area contributed by atoms with Crippen molar-refractivity contribution in [2.24, 2.45) is 0 Å². The number of hydrogen-bond donors (Lipinski definition) is 2. The molecule has 1 atom stereocenters. The van der Waals surface area contributed by atoms with Gasteiger partial charge in [0.2, 0.25) is 11.8 Å². The molecule has 1 saturated carbocycles. The highest BCUT2D eigenvalue weighted by atomic mass is 35.5. The Morgan fingerprint density at radius 1 is 1.24 bits per heavy atom. The van der Waals surface area contributed by atoms with Gasteiger partial charge in [0, 0.05) is 31.1 Å². The summed E-state index contributed by atoms with van der Waals surface area (Å²) in [6.07, 6.45) is 5.03. The van der Waals surface area contributed by atoms with E-state index in [1.165, 1.54) is 13.3 Å². The van der Waals surface area contributed by atoms with Gasteiger partial charge in [-0.2, -0.15) is 0 Å². The molecule has 9 nitrogen and oxygen atoms in total. The minimum Gasteiger partial charge on any atom is -0.384 e. The highest BCUT2D eigenvalue weighted by molar-refractivity contribution is 7.92. The number of benzene rings is 1. The number of thiazole rings is 1. The first kappa shape index (κ1) is 24.5. The number of hydrogen-bond acceptors (Lipinski definition) is 8. The third-order valence-corrected chi connectivity index (χ3v) is 8.53. The summed E-state index contributed by atoms with van der Waals surface area (Å²) >= 11 is 7.16. The predicted octanol–water partition coefficient (Wildman–Crippen LogP) is 2.51. The summed E-state index contributed by atoms with van der Waals surface area (Å²) in [6.45, 7) is -0.368. The Bertz CT molecular complexity index is 1320. The number of rotatable bonds is 10. The fraction of sp³-hybridized carbons (Fsp3) is 0.364. The molecule has 2 heterocycles. The normalized spacial score (nSPS) is 14.6. The number of carbonyl (C=O) groups excluding carboxylic acids is 2. The van der Waals surface area contributed by atoms with Crippen LogP contribution in [0.1, 0.15) is 23.1 Å². The third kappa shape index (κ3) is 5.90. The van der Waals surface area contributed by atoms with E-state index in [1.807, 2.05) is 12.1 Å². The summed E-state index contributed by atoms with van der Waals surface area (Å²) in [5.74, 6) is -1.50. The molecule has 0 bridgehead atoms. The minimum atomic E-state index is -3.96. The van der Waals surface area contributed by atoms with E-state index in [9.17, 15) is 18.0 Å². The molecule has 1 aliphatic rings. The first-order valence-corrected chi connectivity index (χ1v) is 13.5. The van der Waals surface area contributed by atoms with E-state index in [-0.39, 0.29) is 35.9 Å². The summed E-state index contributed by atoms with van der Waals surface area (Å²) < 4.78 is 31.8. The highest BCUT2D eigenvalue weighted by Gasteiger charge is 2.37. The van der Waals surface area contributed by atoms with Gasteiger partial charge in [0.05, 0.1) is 34.1 Å². The molecule has 1 aromatic carbocycles. The van der Waals surface area contributed by atoms with Gasteiger partial charge in [-0.05, 0) is 36.6 Å². The second-order valence-electron chi connectivity index (χ2n) is 7.93. The fourth-order valence-electron chi connectivity index (χ4n) is 3.32. The molecule has 34 heavy (non-hydrogen) atoms. The molecule has 1 unspecified atom stereocenters. The van der Waals surface area contributed by atoms with Crippen LogP contribution in [0.25, 0.3) is 21.3 Å². The number of aromatic nitrogens is 2. The molecule has 1 fully saturated rings. The second-order valence-corrected chi connectivity index (χ2v) is 11.6. The van der Waals surface area contributed by atoms with E-state index in [2.05, 4.69) is 20.6 Å². The minimum absolute atomic E-state index is 0.0644. The van der Waals surface area contributed by atoms with Crippen molar-refractivity contribution in [3.8, 4) is 11.1 Å². The van der Waals surface area contributed by atoms with Crippen LogP contribution in [-0.4, -0.2) is 62.3 Å². The zero-order valence-electron chi connectivity index (χ0n) is 18.3. The smallest absolute Gasteiger partial charge is 0.245 e. The van der Waals surface area contributed by atoms with E-state index in [1.54, 1.807) is 18.3 Å². The molecule has 0 aliphatic heterocycles. The summed E-state index contributed by atoms with van der Waals surface area (Å²) in [4.78, 5) is 33.5. The highest BCUT2D eigenvalue weighted by Crippen LogP contribution is 2.34. The van der Waals surface area contributed by atoms with Gasteiger partial charge in [-0.3, -0.25) is 14.6 Å². The number of ether oxygens (including phenoxy) is 1. The van der Waals surface area contributed by atoms with Crippen LogP contribution in [0, 0.1) is 0 Å². The lowest BCUT2D eigenvalue weighted by molar-refractivity contribution is -0.126. The van der Waals surface area contributed by atoms with Crippen LogP contribution in [0.5, 0.6) is 0 Å². The third-order valence-electron chi connectivity index (χ3n) is 5.20. The summed E-state index contributed by atoms with van der Waals surface area (Å²) in [7, 11) is -2.57. The number of nitrogens with one attached hydrogen (secondary N) is 2. The molecule has 2 N–H and O–H groups in total. The van der Waals surface area contributed by atoms with Crippen LogP contribution >= 0.6 is 22.9 Å². The number of fused-ring (bicyclic) bond motifs is 1. The van der Waals surface area contributed by atoms with Crippen molar-refractivity contribution in [3.63, 3.8) is 0 Å². The molecule has 0 saturated heterocycles. The second kappa shape index (κ2) is 10.3. The Labute approximate surface area is 205 Å². The number of pyridine rings is 1. The van der Waals surface area contributed by atoms with E-state index in [4.69, 9.17) is 16.3 Å². The number of nitrogens with zero attached hydrogens (tertiary/aromatic N) is 2. The molecule has 3 aromatic rings. The first-order valence-electron chi connectivity index (χ1n) is 10.6. The van der Waals surface area contributed by atoms with Crippen molar-refractivity contribution in [3.05, 3.63) is 46.7 Å². The van der Waals surface area contributed by atoms with Crippen LogP contribution in [0.2, 0.25) is 5.02 Å². The lowest BCUT2D eigenvalue weighted by atomic mass is 10.1. The van der Waals surface area contributed by atoms with E-state index in [0.29, 0.717) is 15.2 Å². The Kier molecular flexibility index (Phi) is 7.46. The van der Waals surface area contributed by atoms with Crippen molar-refractivity contribution < 1.29 is 22.7 Å². The van der Waals surface area contributed by atoms with Gasteiger partial charge in [0.1, 0.15) is 5.01 Å².